The van der Waals surface area contributed by atoms with Gasteiger partial charge in [0, 0.05) is 37.9 Å². The Balaban J connectivity index is 1.40. The molecule has 42 heavy (non-hydrogen) atoms. The normalized spacial score (nSPS) is 15.8. The van der Waals surface area contributed by atoms with Crippen LogP contribution in [0.2, 0.25) is 0 Å². The van der Waals surface area contributed by atoms with Gasteiger partial charge in [-0.1, -0.05) is 31.2 Å². The molecule has 1 fully saturated rings. The summed E-state index contributed by atoms with van der Waals surface area (Å²) in [6.07, 6.45) is -1.66. The van der Waals surface area contributed by atoms with Crippen LogP contribution in [0.3, 0.4) is 0 Å². The lowest BCUT2D eigenvalue weighted by Crippen LogP contribution is -2.31. The first-order valence-corrected chi connectivity index (χ1v) is 14.1. The van der Waals surface area contributed by atoms with E-state index in [1.54, 1.807) is 18.3 Å². The first kappa shape index (κ1) is 29.4. The van der Waals surface area contributed by atoms with Gasteiger partial charge in [0.25, 0.3) is 0 Å². The summed E-state index contributed by atoms with van der Waals surface area (Å²) < 4.78 is 43.8. The third-order valence-corrected chi connectivity index (χ3v) is 7.79. The number of nitrogens with two attached hydrogens (primary N) is 1. The van der Waals surface area contributed by atoms with Gasteiger partial charge in [-0.2, -0.15) is 0 Å². The van der Waals surface area contributed by atoms with Crippen LogP contribution >= 0.6 is 0 Å². The lowest BCUT2D eigenvalue weighted by molar-refractivity contribution is -0.274. The van der Waals surface area contributed by atoms with E-state index in [0.29, 0.717) is 23.5 Å². The van der Waals surface area contributed by atoms with Crippen molar-refractivity contribution in [2.75, 3.05) is 31.1 Å². The van der Waals surface area contributed by atoms with E-state index >= 15 is 0 Å². The summed E-state index contributed by atoms with van der Waals surface area (Å²) in [4.78, 5) is 24.6. The molecule has 11 heteroatoms. The molecule has 2 atom stereocenters. The Morgan fingerprint density at radius 2 is 1.83 bits per heavy atom. The van der Waals surface area contributed by atoms with Gasteiger partial charge in [-0.25, -0.2) is 9.97 Å². The van der Waals surface area contributed by atoms with Crippen molar-refractivity contribution in [3.05, 3.63) is 83.3 Å². The van der Waals surface area contributed by atoms with Crippen molar-refractivity contribution in [3.8, 4) is 5.75 Å². The van der Waals surface area contributed by atoms with Crippen molar-refractivity contribution in [1.29, 1.82) is 0 Å². The summed E-state index contributed by atoms with van der Waals surface area (Å²) in [7, 11) is 0. The number of rotatable bonds is 9. The fourth-order valence-corrected chi connectivity index (χ4v) is 5.50. The summed E-state index contributed by atoms with van der Waals surface area (Å²) in [6.45, 7) is 8.12. The van der Waals surface area contributed by atoms with Gasteiger partial charge in [-0.3, -0.25) is 4.79 Å². The number of hydrogen-bond donors (Lipinski definition) is 2. The molecule has 0 aliphatic carbocycles. The number of aryl methyl sites for hydroxylation is 1. The highest BCUT2D eigenvalue weighted by Gasteiger charge is 2.31. The van der Waals surface area contributed by atoms with E-state index < -0.39 is 18.2 Å². The standard InChI is InChI=1S/C31H35F3N6O2/c1-20-16-27-30(37-18-20)40(19-22-4-10-25(11-5-22)42-31(32,33)34)28(38-27)17-26(29(35)41)21(2)23-6-8-24(9-7-23)39-14-3-12-36-13-15-39/h4-11,16,18,21,26,36H,3,12-15,17,19H2,1-2H3,(H2,35,41)/t21-,26?/m1/s1. The van der Waals surface area contributed by atoms with E-state index in [1.807, 2.05) is 24.5 Å². The predicted octanol–water partition coefficient (Wildman–Crippen LogP) is 4.93. The number of amides is 1. The number of imidazole rings is 1. The number of aromatic nitrogens is 3. The predicted molar refractivity (Wildman–Crippen MR) is 155 cm³/mol. The molecule has 8 nitrogen and oxygen atoms in total. The highest BCUT2D eigenvalue weighted by atomic mass is 19.4. The molecule has 5 rings (SSSR count). The molecule has 1 aliphatic heterocycles. The lowest BCUT2D eigenvalue weighted by Gasteiger charge is -2.25. The first-order chi connectivity index (χ1) is 20.1. The molecule has 0 spiro atoms. The molecule has 2 aromatic carbocycles. The Hall–Kier alpha value is -4.12. The highest BCUT2D eigenvalue weighted by molar-refractivity contribution is 5.78. The van der Waals surface area contributed by atoms with Gasteiger partial charge in [-0.05, 0) is 72.8 Å². The minimum absolute atomic E-state index is 0.177. The van der Waals surface area contributed by atoms with Crippen molar-refractivity contribution >= 4 is 22.8 Å². The van der Waals surface area contributed by atoms with Crippen LogP contribution in [-0.4, -0.2) is 53.0 Å². The molecular formula is C31H35F3N6O2. The van der Waals surface area contributed by atoms with Gasteiger partial charge < -0.3 is 25.3 Å². The molecule has 3 heterocycles. The van der Waals surface area contributed by atoms with Crippen LogP contribution in [0, 0.1) is 12.8 Å². The second kappa shape index (κ2) is 12.4. The second-order valence-corrected chi connectivity index (χ2v) is 10.8. The maximum absolute atomic E-state index is 12.8. The molecule has 1 amide bonds. The SMILES string of the molecule is Cc1cnc2c(c1)nc(CC(C(N)=O)[C@H](C)c1ccc(N3CCCNCC3)cc1)n2Cc1ccc(OC(F)(F)F)cc1. The minimum Gasteiger partial charge on any atom is -0.406 e. The molecular weight excluding hydrogens is 545 g/mol. The monoisotopic (exact) mass is 580 g/mol. The quantitative estimate of drug-likeness (QED) is 0.291. The summed E-state index contributed by atoms with van der Waals surface area (Å²) in [5.41, 5.74) is 11.1. The fourth-order valence-electron chi connectivity index (χ4n) is 5.50. The molecule has 0 radical (unpaired) electrons. The van der Waals surface area contributed by atoms with Crippen molar-refractivity contribution in [1.82, 2.24) is 19.9 Å². The van der Waals surface area contributed by atoms with Crippen LogP contribution < -0.4 is 20.7 Å². The number of primary amides is 1. The number of alkyl halides is 3. The van der Waals surface area contributed by atoms with Gasteiger partial charge in [0.05, 0.1) is 12.5 Å². The highest BCUT2D eigenvalue weighted by Crippen LogP contribution is 2.31. The fraction of sp³-hybridized carbons (Fsp3) is 0.387. The average molecular weight is 581 g/mol. The van der Waals surface area contributed by atoms with Gasteiger partial charge in [0.1, 0.15) is 17.1 Å². The van der Waals surface area contributed by atoms with Crippen LogP contribution in [0.1, 0.15) is 41.8 Å². The Kier molecular flexibility index (Phi) is 8.67. The second-order valence-electron chi connectivity index (χ2n) is 10.8. The van der Waals surface area contributed by atoms with Gasteiger partial charge >= 0.3 is 6.36 Å². The molecule has 0 bridgehead atoms. The number of nitrogens with one attached hydrogen (secondary N) is 1. The van der Waals surface area contributed by atoms with Crippen LogP contribution in [0.5, 0.6) is 5.75 Å². The molecule has 1 aliphatic rings. The number of halogens is 3. The Morgan fingerprint density at radius 1 is 1.10 bits per heavy atom. The van der Waals surface area contributed by atoms with Crippen LogP contribution in [-0.2, 0) is 17.8 Å². The number of benzene rings is 2. The number of fused-ring (bicyclic) bond motifs is 1. The largest absolute Gasteiger partial charge is 0.573 e. The van der Waals surface area contributed by atoms with E-state index in [-0.39, 0.29) is 18.1 Å². The van der Waals surface area contributed by atoms with Crippen LogP contribution in [0.25, 0.3) is 11.2 Å². The summed E-state index contributed by atoms with van der Waals surface area (Å²) >= 11 is 0. The van der Waals surface area contributed by atoms with Crippen molar-refractivity contribution in [2.24, 2.45) is 11.7 Å². The van der Waals surface area contributed by atoms with E-state index in [4.69, 9.17) is 10.7 Å². The topological polar surface area (TPSA) is 98.3 Å². The Bertz CT molecular complexity index is 1510. The van der Waals surface area contributed by atoms with Gasteiger partial charge in [0.2, 0.25) is 5.91 Å². The van der Waals surface area contributed by atoms with E-state index in [0.717, 1.165) is 55.0 Å². The zero-order valence-corrected chi connectivity index (χ0v) is 23.7. The summed E-state index contributed by atoms with van der Waals surface area (Å²) in [5, 5.41) is 3.42. The number of anilines is 1. The maximum atomic E-state index is 12.8. The maximum Gasteiger partial charge on any atom is 0.573 e. The van der Waals surface area contributed by atoms with Gasteiger partial charge in [0.15, 0.2) is 5.65 Å². The number of nitrogens with zero attached hydrogens (tertiary/aromatic N) is 4. The van der Waals surface area contributed by atoms with E-state index in [9.17, 15) is 18.0 Å². The smallest absolute Gasteiger partial charge is 0.406 e. The lowest BCUT2D eigenvalue weighted by atomic mass is 9.84. The van der Waals surface area contributed by atoms with Gasteiger partial charge in [-0.15, -0.1) is 13.2 Å². The molecule has 3 N–H and O–H groups in total. The summed E-state index contributed by atoms with van der Waals surface area (Å²) in [6, 6.07) is 15.9. The number of carbonyl (C=O) groups excluding carboxylic acids is 1. The molecule has 222 valence electrons. The molecule has 4 aromatic rings. The Labute approximate surface area is 242 Å². The molecule has 1 saturated heterocycles. The van der Waals surface area contributed by atoms with Crippen LogP contribution in [0.15, 0.2) is 60.8 Å². The van der Waals surface area contributed by atoms with E-state index in [1.165, 1.54) is 12.1 Å². The first-order valence-electron chi connectivity index (χ1n) is 14.1. The molecule has 2 aromatic heterocycles. The average Bonchev–Trinajstić information content (AvgIpc) is 3.09. The number of hydrogen-bond acceptors (Lipinski definition) is 6. The third-order valence-electron chi connectivity index (χ3n) is 7.79. The summed E-state index contributed by atoms with van der Waals surface area (Å²) in [5.74, 6) is -0.817. The Morgan fingerprint density at radius 3 is 2.52 bits per heavy atom. The zero-order chi connectivity index (χ0) is 29.9. The van der Waals surface area contributed by atoms with Crippen molar-refractivity contribution in [2.45, 2.75) is 45.5 Å². The number of ether oxygens (including phenoxy) is 1. The number of carbonyl (C=O) groups is 1. The van der Waals surface area contributed by atoms with Crippen LogP contribution in [0.4, 0.5) is 18.9 Å². The number of pyridine rings is 1. The third kappa shape index (κ3) is 7.02. The van der Waals surface area contributed by atoms with E-state index in [2.05, 4.69) is 44.2 Å². The van der Waals surface area contributed by atoms with Crippen molar-refractivity contribution < 1.29 is 22.7 Å². The molecule has 1 unspecified atom stereocenters. The van der Waals surface area contributed by atoms with Crippen molar-refractivity contribution in [3.63, 3.8) is 0 Å². The minimum atomic E-state index is -4.76. The zero-order valence-electron chi connectivity index (χ0n) is 23.7. The molecule has 0 saturated carbocycles.